The lowest BCUT2D eigenvalue weighted by Gasteiger charge is -2.19. The van der Waals surface area contributed by atoms with Gasteiger partial charge in [0.1, 0.15) is 6.33 Å². The zero-order chi connectivity index (χ0) is 11.7. The van der Waals surface area contributed by atoms with E-state index in [4.69, 9.17) is 0 Å². The van der Waals surface area contributed by atoms with Gasteiger partial charge in [-0.2, -0.15) is 5.10 Å². The number of hydrogen-bond acceptors (Lipinski definition) is 5. The first kappa shape index (κ1) is 10.3. The van der Waals surface area contributed by atoms with Crippen LogP contribution in [0.2, 0.25) is 0 Å². The summed E-state index contributed by atoms with van der Waals surface area (Å²) in [5, 5.41) is 10.0. The molecule has 0 saturated carbocycles. The second-order valence-corrected chi connectivity index (χ2v) is 4.03. The van der Waals surface area contributed by atoms with Crippen LogP contribution in [0.15, 0.2) is 6.33 Å². The van der Waals surface area contributed by atoms with Crippen molar-refractivity contribution >= 4 is 0 Å². The number of aryl methyl sites for hydroxylation is 1. The average Bonchev–Trinajstić information content (AvgIpc) is 2.91. The lowest BCUT2D eigenvalue weighted by Crippen LogP contribution is -2.26. The third kappa shape index (κ3) is 1.80. The molecular formula is C11H14N6. The Labute approximate surface area is 98.9 Å². The second kappa shape index (κ2) is 4.21. The first-order chi connectivity index (χ1) is 8.38. The molecule has 0 aliphatic carbocycles. The predicted octanol–water partition coefficient (Wildman–Crippen LogP) is 0.470. The maximum Gasteiger partial charge on any atom is 0.197 e. The number of aromatic amines is 1. The molecule has 0 amide bonds. The zero-order valence-corrected chi connectivity index (χ0v) is 9.69. The molecule has 1 aliphatic rings. The van der Waals surface area contributed by atoms with E-state index in [1.54, 1.807) is 0 Å². The minimum atomic E-state index is 0.640. The third-order valence-electron chi connectivity index (χ3n) is 2.98. The van der Waals surface area contributed by atoms with Gasteiger partial charge in [-0.1, -0.05) is 6.92 Å². The van der Waals surface area contributed by atoms with Crippen LogP contribution in [-0.4, -0.2) is 31.7 Å². The molecule has 3 rings (SSSR count). The topological polar surface area (TPSA) is 79.4 Å². The van der Waals surface area contributed by atoms with Crippen molar-refractivity contribution in [1.29, 1.82) is 0 Å². The molecule has 2 N–H and O–H groups in total. The fraction of sp³-hybridized carbons (Fsp3) is 0.455. The van der Waals surface area contributed by atoms with Crippen molar-refractivity contribution in [3.05, 3.63) is 23.3 Å². The molecule has 88 valence electrons. The van der Waals surface area contributed by atoms with Crippen molar-refractivity contribution < 1.29 is 0 Å². The van der Waals surface area contributed by atoms with E-state index in [1.807, 2.05) is 0 Å². The zero-order valence-electron chi connectivity index (χ0n) is 9.69. The van der Waals surface area contributed by atoms with Gasteiger partial charge < -0.3 is 5.32 Å². The summed E-state index contributed by atoms with van der Waals surface area (Å²) in [5.41, 5.74) is 3.50. The highest BCUT2D eigenvalue weighted by atomic mass is 15.2. The molecule has 1 aliphatic heterocycles. The molecule has 0 bridgehead atoms. The van der Waals surface area contributed by atoms with Gasteiger partial charge in [0.25, 0.3) is 0 Å². The summed E-state index contributed by atoms with van der Waals surface area (Å²) in [6, 6.07) is 0. The minimum Gasteiger partial charge on any atom is -0.312 e. The summed E-state index contributed by atoms with van der Waals surface area (Å²) in [6.45, 7) is 3.96. The Morgan fingerprint density at radius 1 is 1.35 bits per heavy atom. The molecule has 0 unspecified atom stereocenters. The van der Waals surface area contributed by atoms with Crippen molar-refractivity contribution in [1.82, 2.24) is 30.5 Å². The fourth-order valence-corrected chi connectivity index (χ4v) is 2.12. The maximum absolute atomic E-state index is 4.58. The van der Waals surface area contributed by atoms with Gasteiger partial charge in [0.15, 0.2) is 11.6 Å². The lowest BCUT2D eigenvalue weighted by atomic mass is 10.0. The molecule has 0 spiro atoms. The van der Waals surface area contributed by atoms with Gasteiger partial charge in [-0.3, -0.25) is 5.10 Å². The molecule has 6 heteroatoms. The fourth-order valence-electron chi connectivity index (χ4n) is 2.12. The Morgan fingerprint density at radius 3 is 3.06 bits per heavy atom. The van der Waals surface area contributed by atoms with Gasteiger partial charge in [0.2, 0.25) is 0 Å². The first-order valence-electron chi connectivity index (χ1n) is 5.83. The van der Waals surface area contributed by atoms with E-state index < -0.39 is 0 Å². The van der Waals surface area contributed by atoms with E-state index >= 15 is 0 Å². The van der Waals surface area contributed by atoms with Crippen LogP contribution in [0.5, 0.6) is 0 Å². The number of nitrogens with one attached hydrogen (secondary N) is 2. The highest BCUT2D eigenvalue weighted by Gasteiger charge is 2.17. The van der Waals surface area contributed by atoms with Gasteiger partial charge >= 0.3 is 0 Å². The maximum atomic E-state index is 4.58. The molecule has 17 heavy (non-hydrogen) atoms. The summed E-state index contributed by atoms with van der Waals surface area (Å²) in [5.74, 6) is 1.29. The molecule has 0 fully saturated rings. The molecule has 0 saturated heterocycles. The molecular weight excluding hydrogens is 216 g/mol. The average molecular weight is 230 g/mol. The Kier molecular flexibility index (Phi) is 2.56. The van der Waals surface area contributed by atoms with Gasteiger partial charge in [0, 0.05) is 30.8 Å². The monoisotopic (exact) mass is 230 g/mol. The van der Waals surface area contributed by atoms with Crippen LogP contribution >= 0.6 is 0 Å². The largest absolute Gasteiger partial charge is 0.312 e. The number of H-pyrrole nitrogens is 1. The third-order valence-corrected chi connectivity index (χ3v) is 2.98. The lowest BCUT2D eigenvalue weighted by molar-refractivity contribution is 0.618. The summed E-state index contributed by atoms with van der Waals surface area (Å²) in [4.78, 5) is 13.2. The van der Waals surface area contributed by atoms with Gasteiger partial charge in [-0.15, -0.1) is 0 Å². The second-order valence-electron chi connectivity index (χ2n) is 4.03. The van der Waals surface area contributed by atoms with E-state index in [-0.39, 0.29) is 0 Å². The number of nitrogens with zero attached hydrogens (tertiary/aromatic N) is 4. The standard InChI is InChI=1S/C11H14N6/c1-2-8-7-5-12-4-3-9(7)16-11(15-8)10-13-6-14-17-10/h6,12H,2-5H2,1H3,(H,13,14,17). The molecule has 0 atom stereocenters. The minimum absolute atomic E-state index is 0.640. The van der Waals surface area contributed by atoms with Crippen LogP contribution in [0, 0.1) is 0 Å². The van der Waals surface area contributed by atoms with Crippen LogP contribution in [0.4, 0.5) is 0 Å². The summed E-state index contributed by atoms with van der Waals surface area (Å²) >= 11 is 0. The van der Waals surface area contributed by atoms with E-state index in [1.165, 1.54) is 11.9 Å². The van der Waals surface area contributed by atoms with E-state index in [9.17, 15) is 0 Å². The van der Waals surface area contributed by atoms with E-state index in [2.05, 4.69) is 37.4 Å². The van der Waals surface area contributed by atoms with Crippen molar-refractivity contribution in [3.8, 4) is 11.6 Å². The van der Waals surface area contributed by atoms with Crippen LogP contribution in [-0.2, 0) is 19.4 Å². The van der Waals surface area contributed by atoms with E-state index in [0.717, 1.165) is 37.3 Å². The normalized spacial score (nSPS) is 14.6. The number of fused-ring (bicyclic) bond motifs is 1. The van der Waals surface area contributed by atoms with Crippen molar-refractivity contribution in [2.75, 3.05) is 6.54 Å². The highest BCUT2D eigenvalue weighted by molar-refractivity contribution is 5.45. The van der Waals surface area contributed by atoms with Gasteiger partial charge in [-0.25, -0.2) is 15.0 Å². The number of rotatable bonds is 2. The Bertz CT molecular complexity index is 502. The van der Waals surface area contributed by atoms with Gasteiger partial charge in [-0.05, 0) is 6.42 Å². The van der Waals surface area contributed by atoms with Crippen LogP contribution in [0.3, 0.4) is 0 Å². The SMILES string of the molecule is CCc1nc(-c2ncn[nH]2)nc2c1CNCC2. The quantitative estimate of drug-likeness (QED) is 0.784. The molecule has 3 heterocycles. The molecule has 2 aromatic heterocycles. The summed E-state index contributed by atoms with van der Waals surface area (Å²) in [7, 11) is 0. The Balaban J connectivity index is 2.12. The Hall–Kier alpha value is -1.82. The summed E-state index contributed by atoms with van der Waals surface area (Å²) < 4.78 is 0. The molecule has 6 nitrogen and oxygen atoms in total. The van der Waals surface area contributed by atoms with Gasteiger partial charge in [0.05, 0.1) is 5.69 Å². The molecule has 0 radical (unpaired) electrons. The van der Waals surface area contributed by atoms with Crippen LogP contribution in [0.1, 0.15) is 23.9 Å². The van der Waals surface area contributed by atoms with Crippen LogP contribution < -0.4 is 5.32 Å². The van der Waals surface area contributed by atoms with Crippen molar-refractivity contribution in [2.24, 2.45) is 0 Å². The molecule has 2 aromatic rings. The Morgan fingerprint density at radius 2 is 2.29 bits per heavy atom. The van der Waals surface area contributed by atoms with Crippen molar-refractivity contribution in [2.45, 2.75) is 26.3 Å². The highest BCUT2D eigenvalue weighted by Crippen LogP contribution is 2.19. The first-order valence-corrected chi connectivity index (χ1v) is 5.83. The van der Waals surface area contributed by atoms with Crippen LogP contribution in [0.25, 0.3) is 11.6 Å². The number of hydrogen-bond donors (Lipinski definition) is 2. The molecule has 0 aromatic carbocycles. The smallest absolute Gasteiger partial charge is 0.197 e. The summed E-state index contributed by atoms with van der Waals surface area (Å²) in [6.07, 6.45) is 3.34. The predicted molar refractivity (Wildman–Crippen MR) is 62.2 cm³/mol. The van der Waals surface area contributed by atoms with E-state index in [0.29, 0.717) is 11.6 Å². The van der Waals surface area contributed by atoms with Crippen molar-refractivity contribution in [3.63, 3.8) is 0 Å². The number of aromatic nitrogens is 5.